The predicted molar refractivity (Wildman–Crippen MR) is 119 cm³/mol. The van der Waals surface area contributed by atoms with Crippen LogP contribution in [0.25, 0.3) is 6.08 Å². The minimum absolute atomic E-state index is 0.0160. The summed E-state index contributed by atoms with van der Waals surface area (Å²) in [5, 5.41) is 23.0. The Bertz CT molecular complexity index is 1180. The van der Waals surface area contributed by atoms with Crippen molar-refractivity contribution in [2.45, 2.75) is 6.61 Å². The summed E-state index contributed by atoms with van der Waals surface area (Å²) in [7, 11) is 1.48. The third kappa shape index (κ3) is 5.49. The van der Waals surface area contributed by atoms with Crippen LogP contribution in [0.5, 0.6) is 11.5 Å². The average molecular weight is 429 g/mol. The zero-order valence-corrected chi connectivity index (χ0v) is 17.1. The van der Waals surface area contributed by atoms with Gasteiger partial charge in [-0.05, 0) is 42.0 Å². The summed E-state index contributed by atoms with van der Waals surface area (Å²) >= 11 is 0. The second-order valence-corrected chi connectivity index (χ2v) is 6.58. The summed E-state index contributed by atoms with van der Waals surface area (Å²) in [6, 6.07) is 21.8. The van der Waals surface area contributed by atoms with Gasteiger partial charge in [0.05, 0.1) is 12.0 Å². The van der Waals surface area contributed by atoms with Gasteiger partial charge in [-0.2, -0.15) is 5.26 Å². The van der Waals surface area contributed by atoms with Gasteiger partial charge in [-0.3, -0.25) is 14.9 Å². The molecule has 3 aromatic rings. The van der Waals surface area contributed by atoms with E-state index in [-0.39, 0.29) is 17.9 Å². The Hall–Kier alpha value is -4.64. The quantitative estimate of drug-likeness (QED) is 0.240. The zero-order valence-electron chi connectivity index (χ0n) is 17.1. The largest absolute Gasteiger partial charge is 0.493 e. The Morgan fingerprint density at radius 1 is 1.09 bits per heavy atom. The third-order valence-electron chi connectivity index (χ3n) is 4.46. The van der Waals surface area contributed by atoms with Crippen molar-refractivity contribution in [3.63, 3.8) is 0 Å². The normalized spacial score (nSPS) is 10.7. The lowest BCUT2D eigenvalue weighted by Crippen LogP contribution is -2.13. The molecule has 0 saturated heterocycles. The Balaban J connectivity index is 1.85. The van der Waals surface area contributed by atoms with Crippen molar-refractivity contribution < 1.29 is 19.2 Å². The van der Waals surface area contributed by atoms with Crippen LogP contribution < -0.4 is 14.8 Å². The number of non-ortho nitro benzene ring substituents is 1. The minimum Gasteiger partial charge on any atom is -0.493 e. The lowest BCUT2D eigenvalue weighted by molar-refractivity contribution is -0.384. The standard InChI is InChI=1S/C24H19N3O5/c1-31-22-9-5-6-18(14-19(15-25)24(28)26-20-7-3-2-4-8-20)23(22)32-16-17-10-12-21(13-11-17)27(29)30/h2-14H,16H2,1H3,(H,26,28)/b19-14-. The number of nitriles is 1. The summed E-state index contributed by atoms with van der Waals surface area (Å²) < 4.78 is 11.3. The highest BCUT2D eigenvalue weighted by molar-refractivity contribution is 6.09. The van der Waals surface area contributed by atoms with Gasteiger partial charge >= 0.3 is 0 Å². The van der Waals surface area contributed by atoms with E-state index in [1.807, 2.05) is 12.1 Å². The molecule has 1 N–H and O–H groups in total. The molecule has 0 aliphatic heterocycles. The topological polar surface area (TPSA) is 114 Å². The van der Waals surface area contributed by atoms with Crippen LogP contribution in [0.1, 0.15) is 11.1 Å². The molecule has 0 fully saturated rings. The van der Waals surface area contributed by atoms with Crippen molar-refractivity contribution in [1.29, 1.82) is 5.26 Å². The van der Waals surface area contributed by atoms with E-state index in [4.69, 9.17) is 9.47 Å². The molecule has 0 spiro atoms. The minimum atomic E-state index is -0.553. The number of para-hydroxylation sites is 2. The van der Waals surface area contributed by atoms with Crippen LogP contribution in [-0.2, 0) is 11.4 Å². The number of amides is 1. The number of methoxy groups -OCH3 is 1. The molecule has 0 atom stereocenters. The van der Waals surface area contributed by atoms with Crippen molar-refractivity contribution in [2.75, 3.05) is 12.4 Å². The first kappa shape index (κ1) is 22.1. The van der Waals surface area contributed by atoms with Gasteiger partial charge in [0.25, 0.3) is 11.6 Å². The van der Waals surface area contributed by atoms with Crippen LogP contribution in [0.3, 0.4) is 0 Å². The van der Waals surface area contributed by atoms with Gasteiger partial charge in [0.1, 0.15) is 18.2 Å². The highest BCUT2D eigenvalue weighted by Gasteiger charge is 2.15. The van der Waals surface area contributed by atoms with Crippen molar-refractivity contribution in [1.82, 2.24) is 0 Å². The number of nitro groups is 1. The van der Waals surface area contributed by atoms with Gasteiger partial charge in [-0.25, -0.2) is 0 Å². The van der Waals surface area contributed by atoms with E-state index in [1.54, 1.807) is 54.6 Å². The number of nitrogens with one attached hydrogen (secondary N) is 1. The van der Waals surface area contributed by atoms with Gasteiger partial charge in [0, 0.05) is 23.4 Å². The molecule has 0 unspecified atom stereocenters. The molecule has 3 rings (SSSR count). The zero-order chi connectivity index (χ0) is 22.9. The van der Waals surface area contributed by atoms with Crippen molar-refractivity contribution in [2.24, 2.45) is 0 Å². The van der Waals surface area contributed by atoms with E-state index in [0.29, 0.717) is 28.3 Å². The number of hydrogen-bond acceptors (Lipinski definition) is 6. The average Bonchev–Trinajstić information content (AvgIpc) is 2.82. The first-order chi connectivity index (χ1) is 15.5. The molecule has 8 heteroatoms. The van der Waals surface area contributed by atoms with Crippen LogP contribution in [0.4, 0.5) is 11.4 Å². The van der Waals surface area contributed by atoms with Crippen LogP contribution >= 0.6 is 0 Å². The maximum Gasteiger partial charge on any atom is 0.269 e. The molecule has 0 aromatic heterocycles. The number of carbonyl (C=O) groups excluding carboxylic acids is 1. The fraction of sp³-hybridized carbons (Fsp3) is 0.0833. The van der Waals surface area contributed by atoms with Crippen molar-refractivity contribution in [3.05, 3.63) is 99.6 Å². The molecule has 0 bridgehead atoms. The van der Waals surface area contributed by atoms with Crippen LogP contribution in [0.15, 0.2) is 78.4 Å². The predicted octanol–water partition coefficient (Wildman–Crippen LogP) is 4.73. The first-order valence-electron chi connectivity index (χ1n) is 9.53. The van der Waals surface area contributed by atoms with Crippen LogP contribution in [0, 0.1) is 21.4 Å². The number of anilines is 1. The maximum absolute atomic E-state index is 12.6. The summed E-state index contributed by atoms with van der Waals surface area (Å²) in [6.07, 6.45) is 1.42. The molecule has 0 heterocycles. The second kappa shape index (κ2) is 10.4. The summed E-state index contributed by atoms with van der Waals surface area (Å²) in [6.45, 7) is 0.108. The molecule has 0 radical (unpaired) electrons. The molecule has 160 valence electrons. The van der Waals surface area contributed by atoms with Crippen molar-refractivity contribution in [3.8, 4) is 17.6 Å². The molecule has 8 nitrogen and oxygen atoms in total. The summed E-state index contributed by atoms with van der Waals surface area (Å²) in [5.74, 6) is 0.206. The fourth-order valence-electron chi connectivity index (χ4n) is 2.86. The molecular weight excluding hydrogens is 410 g/mol. The first-order valence-corrected chi connectivity index (χ1v) is 9.53. The van der Waals surface area contributed by atoms with E-state index < -0.39 is 10.8 Å². The third-order valence-corrected chi connectivity index (χ3v) is 4.46. The molecule has 3 aromatic carbocycles. The Kier molecular flexibility index (Phi) is 7.17. The lowest BCUT2D eigenvalue weighted by Gasteiger charge is -2.14. The molecule has 0 aliphatic carbocycles. The number of nitro benzene ring substituents is 1. The number of benzene rings is 3. The highest BCUT2D eigenvalue weighted by atomic mass is 16.6. The van der Waals surface area contributed by atoms with Crippen LogP contribution in [-0.4, -0.2) is 17.9 Å². The summed E-state index contributed by atoms with van der Waals surface area (Å²) in [5.41, 5.74) is 1.63. The summed E-state index contributed by atoms with van der Waals surface area (Å²) in [4.78, 5) is 22.9. The fourth-order valence-corrected chi connectivity index (χ4v) is 2.86. The number of carbonyl (C=O) groups is 1. The smallest absolute Gasteiger partial charge is 0.269 e. The molecule has 1 amide bonds. The molecule has 0 aliphatic rings. The van der Waals surface area contributed by atoms with Gasteiger partial charge in [-0.15, -0.1) is 0 Å². The SMILES string of the molecule is COc1cccc(/C=C(/C#N)C(=O)Nc2ccccc2)c1OCc1ccc([N+](=O)[O-])cc1. The Morgan fingerprint density at radius 2 is 1.81 bits per heavy atom. The van der Waals surface area contributed by atoms with E-state index in [0.717, 1.165) is 0 Å². The molecule has 32 heavy (non-hydrogen) atoms. The van der Waals surface area contributed by atoms with E-state index in [2.05, 4.69) is 5.32 Å². The van der Waals surface area contributed by atoms with Gasteiger partial charge in [0.15, 0.2) is 11.5 Å². The van der Waals surface area contributed by atoms with Crippen LogP contribution in [0.2, 0.25) is 0 Å². The highest BCUT2D eigenvalue weighted by Crippen LogP contribution is 2.33. The molecule has 0 saturated carbocycles. The van der Waals surface area contributed by atoms with E-state index in [1.165, 1.54) is 25.3 Å². The lowest BCUT2D eigenvalue weighted by atomic mass is 10.1. The van der Waals surface area contributed by atoms with E-state index >= 15 is 0 Å². The van der Waals surface area contributed by atoms with Gasteiger partial charge in [0.2, 0.25) is 0 Å². The number of rotatable bonds is 8. The Labute approximate surface area is 184 Å². The number of hydrogen-bond donors (Lipinski definition) is 1. The van der Waals surface area contributed by atoms with Gasteiger partial charge < -0.3 is 14.8 Å². The number of nitrogens with zero attached hydrogens (tertiary/aromatic N) is 2. The Morgan fingerprint density at radius 3 is 2.44 bits per heavy atom. The van der Waals surface area contributed by atoms with E-state index in [9.17, 15) is 20.2 Å². The molecular formula is C24H19N3O5. The number of ether oxygens (including phenoxy) is 2. The maximum atomic E-state index is 12.6. The second-order valence-electron chi connectivity index (χ2n) is 6.58. The van der Waals surface area contributed by atoms with Gasteiger partial charge in [-0.1, -0.05) is 30.3 Å². The monoisotopic (exact) mass is 429 g/mol. The van der Waals surface area contributed by atoms with Crippen molar-refractivity contribution >= 4 is 23.4 Å².